The second-order valence-electron chi connectivity index (χ2n) is 4.26. The van der Waals surface area contributed by atoms with Gasteiger partial charge in [-0.3, -0.25) is 0 Å². The van der Waals surface area contributed by atoms with Gasteiger partial charge in [-0.2, -0.15) is 0 Å². The maximum Gasteiger partial charge on any atom is 0.101 e. The molecule has 0 saturated heterocycles. The Morgan fingerprint density at radius 2 is 1.58 bits per heavy atom. The number of anilines is 2. The van der Waals surface area contributed by atoms with Gasteiger partial charge in [0.2, 0.25) is 0 Å². The summed E-state index contributed by atoms with van der Waals surface area (Å²) in [5.74, 6) is 0. The second-order valence-corrected chi connectivity index (χ2v) is 7.41. The number of halogens is 1. The minimum absolute atomic E-state index is 1.13. The van der Waals surface area contributed by atoms with Crippen molar-refractivity contribution < 1.29 is 0 Å². The third-order valence-electron chi connectivity index (χ3n) is 2.88. The molecule has 2 heterocycles. The van der Waals surface area contributed by atoms with E-state index in [0.29, 0.717) is 0 Å². The molecule has 0 aliphatic rings. The van der Waals surface area contributed by atoms with Crippen LogP contribution in [-0.4, -0.2) is 0 Å². The Labute approximate surface area is 129 Å². The number of benzene rings is 1. The molecule has 0 saturated carbocycles. The first kappa shape index (κ1) is 12.9. The van der Waals surface area contributed by atoms with Gasteiger partial charge in [-0.05, 0) is 57.9 Å². The van der Waals surface area contributed by atoms with E-state index in [4.69, 9.17) is 0 Å². The van der Waals surface area contributed by atoms with Crippen LogP contribution in [0, 0.1) is 6.92 Å². The quantitative estimate of drug-likeness (QED) is 0.585. The molecule has 0 radical (unpaired) electrons. The van der Waals surface area contributed by atoms with Gasteiger partial charge in [-0.15, -0.1) is 22.7 Å². The summed E-state index contributed by atoms with van der Waals surface area (Å²) in [6, 6.07) is 12.8. The molecule has 3 aromatic rings. The fourth-order valence-corrected chi connectivity index (χ4v) is 3.99. The Bertz CT molecular complexity index is 682. The molecule has 1 N–H and O–H groups in total. The van der Waals surface area contributed by atoms with E-state index in [1.54, 1.807) is 22.7 Å². The highest BCUT2D eigenvalue weighted by molar-refractivity contribution is 9.11. The van der Waals surface area contributed by atoms with Crippen LogP contribution in [0.4, 0.5) is 10.7 Å². The van der Waals surface area contributed by atoms with Gasteiger partial charge < -0.3 is 5.32 Å². The van der Waals surface area contributed by atoms with Crippen LogP contribution in [0.5, 0.6) is 0 Å². The lowest BCUT2D eigenvalue weighted by atomic mass is 10.2. The van der Waals surface area contributed by atoms with Crippen molar-refractivity contribution in [1.29, 1.82) is 0 Å². The van der Waals surface area contributed by atoms with Crippen LogP contribution in [0.3, 0.4) is 0 Å². The number of hydrogen-bond acceptors (Lipinski definition) is 3. The molecule has 1 aromatic carbocycles. The summed E-state index contributed by atoms with van der Waals surface area (Å²) in [4.78, 5) is 0. The summed E-state index contributed by atoms with van der Waals surface area (Å²) in [6.07, 6.45) is 0. The predicted molar refractivity (Wildman–Crippen MR) is 89.8 cm³/mol. The molecule has 3 rings (SSSR count). The fourth-order valence-electron chi connectivity index (χ4n) is 1.87. The molecule has 2 aromatic heterocycles. The summed E-state index contributed by atoms with van der Waals surface area (Å²) < 4.78 is 1.18. The predicted octanol–water partition coefficient (Wildman–Crippen LogP) is 6.29. The van der Waals surface area contributed by atoms with Gasteiger partial charge in [0, 0.05) is 16.8 Å². The largest absolute Gasteiger partial charge is 0.347 e. The number of thiophene rings is 2. The first-order valence-corrected chi connectivity index (χ1v) is 8.44. The molecule has 0 spiro atoms. The van der Waals surface area contributed by atoms with Crippen molar-refractivity contribution in [2.75, 3.05) is 5.32 Å². The maximum atomic E-state index is 3.61. The maximum absolute atomic E-state index is 3.61. The lowest BCUT2D eigenvalue weighted by Gasteiger charge is -2.07. The summed E-state index contributed by atoms with van der Waals surface area (Å²) in [6.45, 7) is 2.10. The lowest BCUT2D eigenvalue weighted by Crippen LogP contribution is -1.89. The molecule has 0 atom stereocenters. The normalized spacial score (nSPS) is 10.6. The zero-order valence-corrected chi connectivity index (χ0v) is 13.5. The first-order valence-electron chi connectivity index (χ1n) is 5.88. The van der Waals surface area contributed by atoms with Gasteiger partial charge in [-0.1, -0.05) is 17.7 Å². The lowest BCUT2D eigenvalue weighted by molar-refractivity contribution is 1.46. The standard InChI is InChI=1S/C15H12BrNS2/c1-10-2-4-11(5-3-10)17-15-13(7-9-19-15)12-6-8-18-14(12)16/h2-9,17H,1H3. The van der Waals surface area contributed by atoms with Gasteiger partial charge in [0.05, 0.1) is 3.79 Å². The van der Waals surface area contributed by atoms with Crippen molar-refractivity contribution in [3.8, 4) is 11.1 Å². The molecule has 0 aliphatic carbocycles. The smallest absolute Gasteiger partial charge is 0.101 e. The SMILES string of the molecule is Cc1ccc(Nc2sccc2-c2ccsc2Br)cc1. The Hall–Kier alpha value is -1.10. The van der Waals surface area contributed by atoms with E-state index in [1.807, 2.05) is 0 Å². The molecule has 0 fully saturated rings. The van der Waals surface area contributed by atoms with Crippen LogP contribution in [0.15, 0.2) is 50.9 Å². The van der Waals surface area contributed by atoms with Gasteiger partial charge in [0.15, 0.2) is 0 Å². The van der Waals surface area contributed by atoms with E-state index in [9.17, 15) is 0 Å². The molecule has 0 aliphatic heterocycles. The molecule has 1 nitrogen and oxygen atoms in total. The highest BCUT2D eigenvalue weighted by Crippen LogP contribution is 2.40. The summed E-state index contributed by atoms with van der Waals surface area (Å²) >= 11 is 7.05. The van der Waals surface area contributed by atoms with Crippen LogP contribution in [0.2, 0.25) is 0 Å². The van der Waals surface area contributed by atoms with Crippen molar-refractivity contribution in [3.05, 3.63) is 56.5 Å². The number of hydrogen-bond donors (Lipinski definition) is 1. The van der Waals surface area contributed by atoms with Crippen LogP contribution < -0.4 is 5.32 Å². The molecule has 0 bridgehead atoms. The van der Waals surface area contributed by atoms with Crippen molar-refractivity contribution in [3.63, 3.8) is 0 Å². The van der Waals surface area contributed by atoms with Crippen molar-refractivity contribution in [2.24, 2.45) is 0 Å². The molecule has 19 heavy (non-hydrogen) atoms. The minimum Gasteiger partial charge on any atom is -0.347 e. The molecule has 0 amide bonds. The summed E-state index contributed by atoms with van der Waals surface area (Å²) in [7, 11) is 0. The topological polar surface area (TPSA) is 12.0 Å². The van der Waals surface area contributed by atoms with Gasteiger partial charge in [-0.25, -0.2) is 0 Å². The van der Waals surface area contributed by atoms with Crippen molar-refractivity contribution in [1.82, 2.24) is 0 Å². The number of aryl methyl sites for hydroxylation is 1. The molecule has 0 unspecified atom stereocenters. The van der Waals surface area contributed by atoms with Gasteiger partial charge in [0.1, 0.15) is 5.00 Å². The average Bonchev–Trinajstić information content (AvgIpc) is 3.01. The minimum atomic E-state index is 1.13. The molecular formula is C15H12BrNS2. The van der Waals surface area contributed by atoms with Gasteiger partial charge >= 0.3 is 0 Å². The van der Waals surface area contributed by atoms with Crippen molar-refractivity contribution in [2.45, 2.75) is 6.92 Å². The van der Waals surface area contributed by atoms with E-state index in [2.05, 4.69) is 75.3 Å². The first-order chi connectivity index (χ1) is 9.24. The Morgan fingerprint density at radius 3 is 2.26 bits per heavy atom. The highest BCUT2D eigenvalue weighted by Gasteiger charge is 2.11. The van der Waals surface area contributed by atoms with Crippen LogP contribution in [0.25, 0.3) is 11.1 Å². The Kier molecular flexibility index (Phi) is 3.73. The Morgan fingerprint density at radius 1 is 0.895 bits per heavy atom. The second kappa shape index (κ2) is 5.49. The molecule has 96 valence electrons. The Balaban J connectivity index is 1.93. The number of rotatable bonds is 3. The van der Waals surface area contributed by atoms with E-state index in [1.165, 1.54) is 25.5 Å². The average molecular weight is 350 g/mol. The van der Waals surface area contributed by atoms with E-state index < -0.39 is 0 Å². The van der Waals surface area contributed by atoms with Crippen LogP contribution in [-0.2, 0) is 0 Å². The summed E-state index contributed by atoms with van der Waals surface area (Å²) in [5, 5.41) is 8.91. The van der Waals surface area contributed by atoms with Crippen LogP contribution >= 0.6 is 38.6 Å². The number of nitrogens with one attached hydrogen (secondary N) is 1. The zero-order valence-electron chi connectivity index (χ0n) is 10.3. The third kappa shape index (κ3) is 2.76. The van der Waals surface area contributed by atoms with Crippen LogP contribution in [0.1, 0.15) is 5.56 Å². The fraction of sp³-hybridized carbons (Fsp3) is 0.0667. The monoisotopic (exact) mass is 349 g/mol. The van der Waals surface area contributed by atoms with E-state index in [-0.39, 0.29) is 0 Å². The van der Waals surface area contributed by atoms with E-state index in [0.717, 1.165) is 5.69 Å². The van der Waals surface area contributed by atoms with Gasteiger partial charge in [0.25, 0.3) is 0 Å². The molecule has 4 heteroatoms. The van der Waals surface area contributed by atoms with Crippen molar-refractivity contribution >= 4 is 49.3 Å². The van der Waals surface area contributed by atoms with E-state index >= 15 is 0 Å². The molecular weight excluding hydrogens is 338 g/mol. The highest BCUT2D eigenvalue weighted by atomic mass is 79.9. The third-order valence-corrected chi connectivity index (χ3v) is 5.40. The summed E-state index contributed by atoms with van der Waals surface area (Å²) in [5.41, 5.74) is 4.90. The zero-order chi connectivity index (χ0) is 13.2.